The van der Waals surface area contributed by atoms with Gasteiger partial charge in [0.15, 0.2) is 0 Å². The van der Waals surface area contributed by atoms with Crippen LogP contribution in [0.1, 0.15) is 49.4 Å². The van der Waals surface area contributed by atoms with Crippen LogP contribution in [0.3, 0.4) is 0 Å². The highest BCUT2D eigenvalue weighted by molar-refractivity contribution is 5.97. The Kier molecular flexibility index (Phi) is 6.52. The van der Waals surface area contributed by atoms with Crippen LogP contribution in [-0.2, 0) is 4.79 Å². The molecule has 6 nitrogen and oxygen atoms in total. The number of furan rings is 1. The Hall–Kier alpha value is -2.60. The molecule has 3 atom stereocenters. The average molecular weight is 383 g/mol. The van der Waals surface area contributed by atoms with E-state index in [1.54, 1.807) is 30.5 Å². The lowest BCUT2D eigenvalue weighted by Crippen LogP contribution is -2.37. The van der Waals surface area contributed by atoms with Crippen molar-refractivity contribution in [3.63, 3.8) is 0 Å². The second kappa shape index (κ2) is 9.06. The number of nitrogens with zero attached hydrogens (tertiary/aromatic N) is 1. The molecular formula is C22H29N3O3. The number of likely N-dealkylation sites (N-methyl/N-ethyl adjacent to an activating group) is 1. The van der Waals surface area contributed by atoms with E-state index >= 15 is 0 Å². The molecule has 0 radical (unpaired) electrons. The second-order valence-electron chi connectivity index (χ2n) is 7.35. The van der Waals surface area contributed by atoms with Gasteiger partial charge in [0.25, 0.3) is 5.91 Å². The Bertz CT molecular complexity index is 782. The lowest BCUT2D eigenvalue weighted by atomic mass is 10.1. The van der Waals surface area contributed by atoms with Crippen molar-refractivity contribution < 1.29 is 14.0 Å². The second-order valence-corrected chi connectivity index (χ2v) is 7.35. The summed E-state index contributed by atoms with van der Waals surface area (Å²) in [6.45, 7) is 8.46. The third kappa shape index (κ3) is 4.81. The molecule has 1 aliphatic carbocycles. The first-order valence-corrected chi connectivity index (χ1v) is 10.00. The molecule has 150 valence electrons. The molecular weight excluding hydrogens is 354 g/mol. The first-order chi connectivity index (χ1) is 13.5. The third-order valence-electron chi connectivity index (χ3n) is 5.44. The van der Waals surface area contributed by atoms with Gasteiger partial charge in [-0.1, -0.05) is 20.8 Å². The average Bonchev–Trinajstić information content (AvgIpc) is 3.20. The molecule has 1 saturated carbocycles. The van der Waals surface area contributed by atoms with Gasteiger partial charge in [-0.05, 0) is 61.8 Å². The van der Waals surface area contributed by atoms with Crippen LogP contribution in [0.5, 0.6) is 0 Å². The van der Waals surface area contributed by atoms with Crippen molar-refractivity contribution in [1.82, 2.24) is 10.2 Å². The molecule has 1 aromatic carbocycles. The molecule has 28 heavy (non-hydrogen) atoms. The Labute approximate surface area is 166 Å². The number of rotatable bonds is 9. The van der Waals surface area contributed by atoms with Crippen LogP contribution >= 0.6 is 0 Å². The summed E-state index contributed by atoms with van der Waals surface area (Å²) < 4.78 is 5.57. The molecule has 3 unspecified atom stereocenters. The van der Waals surface area contributed by atoms with Gasteiger partial charge in [0.1, 0.15) is 5.76 Å². The normalized spacial score (nSPS) is 19.3. The van der Waals surface area contributed by atoms with Gasteiger partial charge >= 0.3 is 0 Å². The monoisotopic (exact) mass is 383 g/mol. The molecule has 2 amide bonds. The van der Waals surface area contributed by atoms with E-state index in [2.05, 4.69) is 36.3 Å². The van der Waals surface area contributed by atoms with E-state index in [4.69, 9.17) is 4.42 Å². The van der Waals surface area contributed by atoms with Gasteiger partial charge in [-0.25, -0.2) is 0 Å². The Morgan fingerprint density at radius 3 is 2.39 bits per heavy atom. The summed E-state index contributed by atoms with van der Waals surface area (Å²) in [5.41, 5.74) is 1.28. The van der Waals surface area contributed by atoms with Crippen LogP contribution in [-0.4, -0.2) is 36.3 Å². The smallest absolute Gasteiger partial charge is 0.251 e. The van der Waals surface area contributed by atoms with Crippen LogP contribution in [0.15, 0.2) is 47.1 Å². The van der Waals surface area contributed by atoms with Crippen molar-refractivity contribution in [3.05, 3.63) is 54.0 Å². The SMILES string of the molecule is CCN(CC)C(CNC(=O)c1ccc(NC(=O)C2CC2C)cc1)c1ccco1. The predicted molar refractivity (Wildman–Crippen MR) is 109 cm³/mol. The Morgan fingerprint density at radius 2 is 1.86 bits per heavy atom. The minimum absolute atomic E-state index is 0.00644. The van der Waals surface area contributed by atoms with Gasteiger partial charge in [0, 0.05) is 23.7 Å². The van der Waals surface area contributed by atoms with Crippen LogP contribution in [0.2, 0.25) is 0 Å². The van der Waals surface area contributed by atoms with Crippen molar-refractivity contribution in [3.8, 4) is 0 Å². The number of benzene rings is 1. The maximum Gasteiger partial charge on any atom is 0.251 e. The number of carbonyl (C=O) groups excluding carboxylic acids is 2. The summed E-state index contributed by atoms with van der Waals surface area (Å²) in [4.78, 5) is 26.8. The number of carbonyl (C=O) groups is 2. The van der Waals surface area contributed by atoms with E-state index in [0.29, 0.717) is 18.0 Å². The van der Waals surface area contributed by atoms with Gasteiger partial charge in [0.2, 0.25) is 5.91 Å². The molecule has 0 saturated heterocycles. The van der Waals surface area contributed by atoms with Gasteiger partial charge in [-0.15, -0.1) is 0 Å². The molecule has 2 N–H and O–H groups in total. The fraction of sp³-hybridized carbons (Fsp3) is 0.455. The standard InChI is InChI=1S/C22H29N3O3/c1-4-25(5-2)19(20-7-6-12-28-20)14-23-21(26)16-8-10-17(11-9-16)24-22(27)18-13-15(18)3/h6-12,15,18-19H,4-5,13-14H2,1-3H3,(H,23,26)(H,24,27). The molecule has 6 heteroatoms. The topological polar surface area (TPSA) is 74.6 Å². The number of amides is 2. The number of hydrogen-bond donors (Lipinski definition) is 2. The number of anilines is 1. The van der Waals surface area contributed by atoms with E-state index < -0.39 is 0 Å². The van der Waals surface area contributed by atoms with E-state index in [1.165, 1.54) is 0 Å². The number of nitrogens with one attached hydrogen (secondary N) is 2. The summed E-state index contributed by atoms with van der Waals surface area (Å²) in [6.07, 6.45) is 2.61. The fourth-order valence-corrected chi connectivity index (χ4v) is 3.47. The highest BCUT2D eigenvalue weighted by atomic mass is 16.3. The van der Waals surface area contributed by atoms with Crippen molar-refractivity contribution in [1.29, 1.82) is 0 Å². The molecule has 3 rings (SSSR count). The van der Waals surface area contributed by atoms with E-state index in [1.807, 2.05) is 12.1 Å². The zero-order chi connectivity index (χ0) is 20.1. The molecule has 0 bridgehead atoms. The summed E-state index contributed by atoms with van der Waals surface area (Å²) in [7, 11) is 0. The van der Waals surface area contributed by atoms with Gasteiger partial charge in [-0.3, -0.25) is 14.5 Å². The zero-order valence-corrected chi connectivity index (χ0v) is 16.8. The van der Waals surface area contributed by atoms with Crippen molar-refractivity contribution in [2.24, 2.45) is 11.8 Å². The first kappa shape index (κ1) is 20.1. The van der Waals surface area contributed by atoms with Crippen molar-refractivity contribution in [2.75, 3.05) is 25.0 Å². The molecule has 0 aliphatic heterocycles. The lowest BCUT2D eigenvalue weighted by Gasteiger charge is -2.28. The lowest BCUT2D eigenvalue weighted by molar-refractivity contribution is -0.117. The fourth-order valence-electron chi connectivity index (χ4n) is 3.47. The molecule has 0 spiro atoms. The van der Waals surface area contributed by atoms with Gasteiger partial charge in [-0.2, -0.15) is 0 Å². The highest BCUT2D eigenvalue weighted by Crippen LogP contribution is 2.38. The Morgan fingerprint density at radius 1 is 1.18 bits per heavy atom. The maximum absolute atomic E-state index is 12.6. The summed E-state index contributed by atoms with van der Waals surface area (Å²) in [5.74, 6) is 1.36. The van der Waals surface area contributed by atoms with Crippen LogP contribution in [0, 0.1) is 11.8 Å². The first-order valence-electron chi connectivity index (χ1n) is 10.00. The third-order valence-corrected chi connectivity index (χ3v) is 5.44. The van der Waals surface area contributed by atoms with Crippen LogP contribution in [0.25, 0.3) is 0 Å². The highest BCUT2D eigenvalue weighted by Gasteiger charge is 2.39. The largest absolute Gasteiger partial charge is 0.468 e. The minimum atomic E-state index is -0.141. The van der Waals surface area contributed by atoms with Crippen molar-refractivity contribution >= 4 is 17.5 Å². The predicted octanol–water partition coefficient (Wildman–Crippen LogP) is 3.69. The minimum Gasteiger partial charge on any atom is -0.468 e. The quantitative estimate of drug-likeness (QED) is 0.693. The zero-order valence-electron chi connectivity index (χ0n) is 16.8. The maximum atomic E-state index is 12.6. The van der Waals surface area contributed by atoms with Crippen LogP contribution < -0.4 is 10.6 Å². The van der Waals surface area contributed by atoms with Gasteiger partial charge in [0.05, 0.1) is 12.3 Å². The van der Waals surface area contributed by atoms with E-state index in [9.17, 15) is 9.59 Å². The summed E-state index contributed by atoms with van der Waals surface area (Å²) >= 11 is 0. The Balaban J connectivity index is 1.58. The van der Waals surface area contributed by atoms with E-state index in [-0.39, 0.29) is 23.8 Å². The van der Waals surface area contributed by atoms with E-state index in [0.717, 1.165) is 31.0 Å². The summed E-state index contributed by atoms with van der Waals surface area (Å²) in [5, 5.41) is 5.91. The van der Waals surface area contributed by atoms with Crippen molar-refractivity contribution in [2.45, 2.75) is 33.2 Å². The van der Waals surface area contributed by atoms with Gasteiger partial charge < -0.3 is 15.1 Å². The molecule has 2 aromatic rings. The summed E-state index contributed by atoms with van der Waals surface area (Å²) in [6, 6.07) is 10.8. The molecule has 1 fully saturated rings. The number of hydrogen-bond acceptors (Lipinski definition) is 4. The van der Waals surface area contributed by atoms with Crippen LogP contribution in [0.4, 0.5) is 5.69 Å². The molecule has 1 heterocycles. The molecule has 1 aliphatic rings. The molecule has 1 aromatic heterocycles.